The first kappa shape index (κ1) is 18.9. The van der Waals surface area contributed by atoms with Crippen LogP contribution in [0.5, 0.6) is 0 Å². The van der Waals surface area contributed by atoms with Crippen LogP contribution in [-0.4, -0.2) is 41.3 Å². The molecule has 0 unspecified atom stereocenters. The number of aromatic nitrogens is 1. The van der Waals surface area contributed by atoms with E-state index in [1.54, 1.807) is 42.6 Å². The molecule has 9 heteroatoms. The third kappa shape index (κ3) is 3.63. The number of hydrogen-bond donors (Lipinski definition) is 3. The van der Waals surface area contributed by atoms with E-state index >= 15 is 0 Å². The van der Waals surface area contributed by atoms with Gasteiger partial charge < -0.3 is 5.32 Å². The number of benzene rings is 2. The molecule has 5 N–H and O–H groups in total. The average Bonchev–Trinajstić information content (AvgIpc) is 3.14. The van der Waals surface area contributed by atoms with Crippen LogP contribution in [0.3, 0.4) is 0 Å². The number of carbonyl (C=O) groups excluding carboxylic acids is 3. The summed E-state index contributed by atoms with van der Waals surface area (Å²) in [5, 5.41) is 10.1. The molecule has 0 bridgehead atoms. The molecule has 148 valence electrons. The Labute approximate surface area is 170 Å². The number of pyridine rings is 1. The topological polar surface area (TPSA) is 143 Å². The summed E-state index contributed by atoms with van der Waals surface area (Å²) < 4.78 is 0. The summed E-state index contributed by atoms with van der Waals surface area (Å²) in [6.45, 7) is 0.115. The molecular formula is C21H17N6O3+. The Morgan fingerprint density at radius 1 is 1.10 bits per heavy atom. The molecule has 4 rings (SSSR count). The maximum Gasteiger partial charge on any atom is 0.348 e. The van der Waals surface area contributed by atoms with Gasteiger partial charge in [-0.2, -0.15) is 4.99 Å². The predicted octanol–water partition coefficient (Wildman–Crippen LogP) is 0.531. The Kier molecular flexibility index (Phi) is 4.77. The average molecular weight is 401 g/mol. The number of hydrogen-bond acceptors (Lipinski definition) is 4. The maximum atomic E-state index is 12.6. The van der Waals surface area contributed by atoms with Gasteiger partial charge in [-0.15, -0.1) is 0 Å². The number of fused-ring (bicyclic) bond motifs is 1. The van der Waals surface area contributed by atoms with Crippen LogP contribution in [0.4, 0.5) is 16.3 Å². The molecule has 9 nitrogen and oxygen atoms in total. The number of urea groups is 1. The van der Waals surface area contributed by atoms with Gasteiger partial charge >= 0.3 is 6.03 Å². The molecule has 2 aromatic carbocycles. The van der Waals surface area contributed by atoms with Crippen molar-refractivity contribution in [2.75, 3.05) is 16.8 Å². The zero-order valence-corrected chi connectivity index (χ0v) is 15.7. The van der Waals surface area contributed by atoms with Crippen molar-refractivity contribution in [1.82, 2.24) is 4.98 Å². The van der Waals surface area contributed by atoms with Gasteiger partial charge in [0.1, 0.15) is 11.5 Å². The Balaban J connectivity index is 1.48. The van der Waals surface area contributed by atoms with Crippen LogP contribution in [0.25, 0.3) is 10.8 Å². The van der Waals surface area contributed by atoms with E-state index < -0.39 is 6.03 Å². The van der Waals surface area contributed by atoms with Gasteiger partial charge in [0.25, 0.3) is 11.7 Å². The largest absolute Gasteiger partial charge is 0.348 e. The van der Waals surface area contributed by atoms with E-state index in [-0.39, 0.29) is 24.0 Å². The standard InChI is InChI=1S/C21H16N6O3/c22-19(23)14-2-1-13-8-18(24-9-15(13)7-14)26-20(29)12-3-5-17(6-4-12)27-10-16(11-28)25-21(27)30/h1-9,11H,10H2,(H3,22,23)(H,24,26,29)/p+1. The lowest BCUT2D eigenvalue weighted by Crippen LogP contribution is -2.46. The second-order valence-electron chi connectivity index (χ2n) is 6.68. The highest BCUT2D eigenvalue weighted by atomic mass is 16.2. The lowest BCUT2D eigenvalue weighted by molar-refractivity contribution is -0.114. The van der Waals surface area contributed by atoms with Crippen LogP contribution in [0.1, 0.15) is 15.9 Å². The van der Waals surface area contributed by atoms with E-state index in [0.29, 0.717) is 28.9 Å². The fraction of sp³-hybridized carbons (Fsp3) is 0.0476. The van der Waals surface area contributed by atoms with Crippen LogP contribution in [0.2, 0.25) is 0 Å². The summed E-state index contributed by atoms with van der Waals surface area (Å²) in [5.74, 6) is 0.275. The van der Waals surface area contributed by atoms with Gasteiger partial charge in [0.15, 0.2) is 6.29 Å². The predicted molar refractivity (Wildman–Crippen MR) is 113 cm³/mol. The molecule has 0 atom stereocenters. The number of amidine groups is 1. The smallest absolute Gasteiger partial charge is 0.307 e. The molecule has 0 spiro atoms. The van der Waals surface area contributed by atoms with E-state index in [9.17, 15) is 14.4 Å². The number of carbonyl (C=O) groups is 3. The van der Waals surface area contributed by atoms with Crippen molar-refractivity contribution in [3.05, 3.63) is 65.9 Å². The summed E-state index contributed by atoms with van der Waals surface area (Å²) in [6.07, 6.45) is 2.18. The summed E-state index contributed by atoms with van der Waals surface area (Å²) in [7, 11) is 0. The Bertz CT molecular complexity index is 1230. The van der Waals surface area contributed by atoms with Crippen LogP contribution < -0.4 is 21.4 Å². The molecule has 0 saturated carbocycles. The van der Waals surface area contributed by atoms with E-state index in [1.807, 2.05) is 12.1 Å². The molecule has 1 aliphatic rings. The zero-order chi connectivity index (χ0) is 21.3. The van der Waals surface area contributed by atoms with Crippen molar-refractivity contribution in [1.29, 1.82) is 0 Å². The van der Waals surface area contributed by atoms with Gasteiger partial charge in [-0.1, -0.05) is 6.07 Å². The zero-order valence-electron chi connectivity index (χ0n) is 15.7. The number of nitrogens with zero attached hydrogens (tertiary/aromatic N) is 3. The van der Waals surface area contributed by atoms with Gasteiger partial charge in [0.2, 0.25) is 0 Å². The maximum absolute atomic E-state index is 12.6. The molecule has 0 aliphatic carbocycles. The third-order valence-electron chi connectivity index (χ3n) is 4.66. The van der Waals surface area contributed by atoms with Crippen LogP contribution in [-0.2, 0) is 4.79 Å². The van der Waals surface area contributed by atoms with Gasteiger partial charge in [-0.3, -0.25) is 25.6 Å². The minimum absolute atomic E-state index is 0.115. The minimum atomic E-state index is -0.508. The van der Waals surface area contributed by atoms with Gasteiger partial charge in [-0.05, 0) is 47.9 Å². The third-order valence-corrected chi connectivity index (χ3v) is 4.66. The monoisotopic (exact) mass is 401 g/mol. The molecule has 3 aromatic rings. The lowest BCUT2D eigenvalue weighted by atomic mass is 10.1. The SMILES string of the molecule is NC(=[NH2+])c1ccc2cc(NC(=O)c3ccc(N4CC(C=O)=NC4=O)cc3)ncc2c1. The van der Waals surface area contributed by atoms with Crippen molar-refractivity contribution >= 4 is 52.0 Å². The van der Waals surface area contributed by atoms with E-state index in [2.05, 4.69) is 15.3 Å². The highest BCUT2D eigenvalue weighted by Gasteiger charge is 2.24. The highest BCUT2D eigenvalue weighted by Crippen LogP contribution is 2.21. The number of aldehydes is 1. The van der Waals surface area contributed by atoms with Crippen molar-refractivity contribution in [3.8, 4) is 0 Å². The van der Waals surface area contributed by atoms with Crippen LogP contribution >= 0.6 is 0 Å². The number of nitrogens with one attached hydrogen (secondary N) is 1. The first-order valence-electron chi connectivity index (χ1n) is 8.98. The second kappa shape index (κ2) is 7.55. The fourth-order valence-electron chi connectivity index (χ4n) is 3.08. The summed E-state index contributed by atoms with van der Waals surface area (Å²) in [5.41, 5.74) is 7.43. The summed E-state index contributed by atoms with van der Waals surface area (Å²) in [6, 6.07) is 13.1. The summed E-state index contributed by atoms with van der Waals surface area (Å²) in [4.78, 5) is 44.5. The quantitative estimate of drug-likeness (QED) is 0.325. The van der Waals surface area contributed by atoms with E-state index in [1.165, 1.54) is 4.90 Å². The van der Waals surface area contributed by atoms with Crippen molar-refractivity contribution < 1.29 is 19.8 Å². The number of anilines is 2. The lowest BCUT2D eigenvalue weighted by Gasteiger charge is -2.14. The molecule has 1 aromatic heterocycles. The molecule has 30 heavy (non-hydrogen) atoms. The van der Waals surface area contributed by atoms with Crippen molar-refractivity contribution in [3.63, 3.8) is 0 Å². The number of nitrogens with two attached hydrogens (primary N) is 2. The Hall–Kier alpha value is -4.40. The second-order valence-corrected chi connectivity index (χ2v) is 6.68. The number of amides is 3. The highest BCUT2D eigenvalue weighted by molar-refractivity contribution is 6.36. The van der Waals surface area contributed by atoms with E-state index in [4.69, 9.17) is 11.1 Å². The molecule has 3 amide bonds. The molecule has 0 saturated heterocycles. The summed E-state index contributed by atoms with van der Waals surface area (Å²) >= 11 is 0. The minimum Gasteiger partial charge on any atom is -0.307 e. The van der Waals surface area contributed by atoms with E-state index in [0.717, 1.165) is 10.8 Å². The fourth-order valence-corrected chi connectivity index (χ4v) is 3.08. The number of aliphatic imine (C=N–C) groups is 1. The molecule has 2 heterocycles. The molecule has 1 aliphatic heterocycles. The van der Waals surface area contributed by atoms with Gasteiger partial charge in [0.05, 0.1) is 12.1 Å². The molecule has 0 radical (unpaired) electrons. The first-order valence-corrected chi connectivity index (χ1v) is 8.98. The Morgan fingerprint density at radius 3 is 2.50 bits per heavy atom. The van der Waals surface area contributed by atoms with Crippen molar-refractivity contribution in [2.24, 2.45) is 10.7 Å². The molecule has 0 fully saturated rings. The number of rotatable bonds is 5. The normalized spacial score (nSPS) is 13.3. The molecular weight excluding hydrogens is 384 g/mol. The first-order chi connectivity index (χ1) is 14.4. The van der Waals surface area contributed by atoms with Crippen LogP contribution in [0.15, 0.2) is 59.7 Å². The van der Waals surface area contributed by atoms with Crippen LogP contribution in [0, 0.1) is 0 Å². The Morgan fingerprint density at radius 2 is 1.83 bits per heavy atom. The van der Waals surface area contributed by atoms with Gasteiger partial charge in [0, 0.05) is 22.8 Å². The van der Waals surface area contributed by atoms with Gasteiger partial charge in [-0.25, -0.2) is 9.78 Å². The van der Waals surface area contributed by atoms with Crippen molar-refractivity contribution in [2.45, 2.75) is 0 Å².